The first-order valence-corrected chi connectivity index (χ1v) is 16.3. The van der Waals surface area contributed by atoms with Crippen molar-refractivity contribution in [2.45, 2.75) is 104 Å². The molecule has 264 valence electrons. The lowest BCUT2D eigenvalue weighted by Gasteiger charge is -2.38. The van der Waals surface area contributed by atoms with Crippen molar-refractivity contribution in [1.82, 2.24) is 15.5 Å². The number of ether oxygens (including phenoxy) is 2. The minimum Gasteiger partial charge on any atom is -0.508 e. The molecule has 3 aromatic rings. The zero-order valence-electron chi connectivity index (χ0n) is 29.5. The first-order valence-electron chi connectivity index (χ1n) is 16.3. The molecule has 0 bridgehead atoms. The number of benzene rings is 3. The summed E-state index contributed by atoms with van der Waals surface area (Å²) < 4.78 is 11.1. The number of nitrogens with zero attached hydrogens (tertiary/aromatic N) is 1. The number of amides is 3. The molecule has 3 unspecified atom stereocenters. The maximum absolute atomic E-state index is 14.6. The molecule has 0 spiro atoms. The van der Waals surface area contributed by atoms with Crippen LogP contribution in [0.5, 0.6) is 11.5 Å². The van der Waals surface area contributed by atoms with Crippen LogP contribution in [0.15, 0.2) is 78.9 Å². The lowest BCUT2D eigenvalue weighted by atomic mass is 9.97. The normalized spacial score (nSPS) is 13.5. The number of para-hydroxylation sites is 1. The largest absolute Gasteiger partial charge is 0.508 e. The van der Waals surface area contributed by atoms with Crippen LogP contribution in [-0.4, -0.2) is 68.3 Å². The second kappa shape index (κ2) is 16.4. The monoisotopic (exact) mass is 675 g/mol. The molecule has 3 rings (SSSR count). The third-order valence-electron chi connectivity index (χ3n) is 7.22. The maximum atomic E-state index is 14.6. The molecule has 11 heteroatoms. The quantitative estimate of drug-likeness (QED) is 0.182. The Bertz CT molecular complexity index is 1580. The molecule has 0 saturated carbocycles. The van der Waals surface area contributed by atoms with E-state index in [9.17, 15) is 29.4 Å². The van der Waals surface area contributed by atoms with Gasteiger partial charge in [0.25, 0.3) is 0 Å². The van der Waals surface area contributed by atoms with Gasteiger partial charge >= 0.3 is 12.1 Å². The molecule has 0 radical (unpaired) electrons. The van der Waals surface area contributed by atoms with Crippen LogP contribution in [-0.2, 0) is 36.7 Å². The van der Waals surface area contributed by atoms with Crippen molar-refractivity contribution in [3.8, 4) is 11.5 Å². The number of hydrogen-bond donors (Lipinski definition) is 4. The number of rotatable bonds is 12. The van der Waals surface area contributed by atoms with E-state index < -0.39 is 59.2 Å². The molecule has 3 atom stereocenters. The van der Waals surface area contributed by atoms with E-state index in [0.29, 0.717) is 5.56 Å². The Balaban J connectivity index is 2.10. The number of hydrogen-bond acceptors (Lipinski definition) is 8. The number of carbonyl (C=O) groups excluding carboxylic acids is 4. The minimum absolute atomic E-state index is 0.00870. The van der Waals surface area contributed by atoms with Gasteiger partial charge in [-0.05, 0) is 84.7 Å². The van der Waals surface area contributed by atoms with Gasteiger partial charge in [-0.3, -0.25) is 9.59 Å². The lowest BCUT2D eigenvalue weighted by molar-refractivity contribution is -0.159. The summed E-state index contributed by atoms with van der Waals surface area (Å²) >= 11 is 0. The molecule has 11 nitrogen and oxygen atoms in total. The van der Waals surface area contributed by atoms with Crippen LogP contribution in [0.3, 0.4) is 0 Å². The molecule has 0 fully saturated rings. The van der Waals surface area contributed by atoms with E-state index in [-0.39, 0.29) is 29.9 Å². The fourth-order valence-corrected chi connectivity index (χ4v) is 5.18. The van der Waals surface area contributed by atoms with Gasteiger partial charge in [0.15, 0.2) is 0 Å². The summed E-state index contributed by atoms with van der Waals surface area (Å²) in [4.78, 5) is 56.9. The maximum Gasteiger partial charge on any atom is 0.408 e. The van der Waals surface area contributed by atoms with E-state index in [1.54, 1.807) is 79.7 Å². The molecule has 0 aromatic heterocycles. The highest BCUT2D eigenvalue weighted by atomic mass is 16.6. The Hall–Kier alpha value is -5.06. The molecule has 3 aromatic carbocycles. The molecule has 4 N–H and O–H groups in total. The highest BCUT2D eigenvalue weighted by Crippen LogP contribution is 2.32. The van der Waals surface area contributed by atoms with Crippen molar-refractivity contribution in [2.24, 2.45) is 0 Å². The van der Waals surface area contributed by atoms with Gasteiger partial charge in [-0.1, -0.05) is 60.7 Å². The number of nitrogens with one attached hydrogen (secondary N) is 2. The first kappa shape index (κ1) is 38.4. The molecular formula is C38H49N3O8. The molecule has 0 heterocycles. The molecule has 0 aliphatic heterocycles. The molecular weight excluding hydrogens is 626 g/mol. The Morgan fingerprint density at radius 2 is 1.22 bits per heavy atom. The Labute approximate surface area is 288 Å². The van der Waals surface area contributed by atoms with E-state index in [1.807, 2.05) is 30.3 Å². The van der Waals surface area contributed by atoms with Gasteiger partial charge in [0, 0.05) is 24.4 Å². The molecule has 0 saturated heterocycles. The van der Waals surface area contributed by atoms with Crippen LogP contribution >= 0.6 is 0 Å². The first-order chi connectivity index (χ1) is 22.8. The second-order valence-corrected chi connectivity index (χ2v) is 14.2. The Kier molecular flexibility index (Phi) is 12.8. The number of carbonyl (C=O) groups is 4. The van der Waals surface area contributed by atoms with Gasteiger partial charge in [0.2, 0.25) is 11.8 Å². The summed E-state index contributed by atoms with van der Waals surface area (Å²) in [7, 11) is 0. The lowest BCUT2D eigenvalue weighted by Crippen LogP contribution is -2.57. The zero-order chi connectivity index (χ0) is 36.5. The van der Waals surface area contributed by atoms with Crippen molar-refractivity contribution in [3.63, 3.8) is 0 Å². The number of phenolic OH excluding ortho intramolecular Hbond substituents is 2. The van der Waals surface area contributed by atoms with Crippen molar-refractivity contribution in [2.75, 3.05) is 0 Å². The Morgan fingerprint density at radius 3 is 1.78 bits per heavy atom. The second-order valence-electron chi connectivity index (χ2n) is 14.2. The predicted octanol–water partition coefficient (Wildman–Crippen LogP) is 5.58. The molecule has 0 aliphatic carbocycles. The standard InChI is InChI=1S/C38H49N3O8/c1-24(2)41(34(45)29(40-36(47)49-38(6,7)8)22-26-18-20-27(42)21-19-26)32(28-16-12-13-17-31(28)43)33(44)39-30(35(46)48-37(3,4)5)23-25-14-10-9-11-15-25/h9-21,24,29-30,32,42-43H,22-23H2,1-8H3,(H,39,44)(H,40,47). The van der Waals surface area contributed by atoms with Crippen molar-refractivity contribution < 1.29 is 38.9 Å². The smallest absolute Gasteiger partial charge is 0.408 e. The molecule has 3 amide bonds. The van der Waals surface area contributed by atoms with E-state index in [4.69, 9.17) is 9.47 Å². The molecule has 0 aliphatic rings. The SMILES string of the molecule is CC(C)N(C(=O)C(Cc1ccc(O)cc1)NC(=O)OC(C)(C)C)C(C(=O)NC(Cc1ccccc1)C(=O)OC(C)(C)C)c1ccccc1O. The summed E-state index contributed by atoms with van der Waals surface area (Å²) in [5, 5.41) is 26.3. The van der Waals surface area contributed by atoms with Crippen LogP contribution in [0.4, 0.5) is 4.79 Å². The van der Waals surface area contributed by atoms with Gasteiger partial charge < -0.3 is 35.2 Å². The third-order valence-corrected chi connectivity index (χ3v) is 7.22. The number of phenols is 2. The molecule has 49 heavy (non-hydrogen) atoms. The highest BCUT2D eigenvalue weighted by Gasteiger charge is 2.40. The van der Waals surface area contributed by atoms with Crippen LogP contribution < -0.4 is 10.6 Å². The van der Waals surface area contributed by atoms with Crippen LogP contribution in [0.2, 0.25) is 0 Å². The highest BCUT2D eigenvalue weighted by molar-refractivity contribution is 5.94. The summed E-state index contributed by atoms with van der Waals surface area (Å²) in [5.74, 6) is -2.26. The van der Waals surface area contributed by atoms with E-state index in [1.165, 1.54) is 29.2 Å². The summed E-state index contributed by atoms with van der Waals surface area (Å²) in [6, 6.07) is 17.0. The van der Waals surface area contributed by atoms with Crippen LogP contribution in [0.1, 0.15) is 78.1 Å². The number of aromatic hydroxyl groups is 2. The number of esters is 1. The van der Waals surface area contributed by atoms with Crippen LogP contribution in [0, 0.1) is 0 Å². The zero-order valence-corrected chi connectivity index (χ0v) is 29.5. The summed E-state index contributed by atoms with van der Waals surface area (Å²) in [6.45, 7) is 13.7. The van der Waals surface area contributed by atoms with E-state index >= 15 is 0 Å². The van der Waals surface area contributed by atoms with E-state index in [0.717, 1.165) is 5.56 Å². The van der Waals surface area contributed by atoms with E-state index in [2.05, 4.69) is 10.6 Å². The Morgan fingerprint density at radius 1 is 0.694 bits per heavy atom. The van der Waals surface area contributed by atoms with Gasteiger partial charge in [-0.25, -0.2) is 9.59 Å². The third kappa shape index (κ3) is 11.8. The van der Waals surface area contributed by atoms with Crippen LogP contribution in [0.25, 0.3) is 0 Å². The van der Waals surface area contributed by atoms with Crippen molar-refractivity contribution in [1.29, 1.82) is 0 Å². The van der Waals surface area contributed by atoms with Gasteiger partial charge in [-0.15, -0.1) is 0 Å². The summed E-state index contributed by atoms with van der Waals surface area (Å²) in [5.41, 5.74) is -0.202. The van der Waals surface area contributed by atoms with Crippen molar-refractivity contribution in [3.05, 3.63) is 95.6 Å². The van der Waals surface area contributed by atoms with Crippen molar-refractivity contribution >= 4 is 23.9 Å². The topological polar surface area (TPSA) is 154 Å². The fraction of sp³-hybridized carbons (Fsp3) is 0.421. The predicted molar refractivity (Wildman–Crippen MR) is 186 cm³/mol. The fourth-order valence-electron chi connectivity index (χ4n) is 5.18. The average molecular weight is 676 g/mol. The minimum atomic E-state index is -1.43. The average Bonchev–Trinajstić information content (AvgIpc) is 2.99. The summed E-state index contributed by atoms with van der Waals surface area (Å²) in [6.07, 6.45) is -0.746. The van der Waals surface area contributed by atoms with Gasteiger partial charge in [-0.2, -0.15) is 0 Å². The number of alkyl carbamates (subject to hydrolysis) is 1. The van der Waals surface area contributed by atoms with Gasteiger partial charge in [0.05, 0.1) is 0 Å². The van der Waals surface area contributed by atoms with Gasteiger partial charge in [0.1, 0.15) is 40.8 Å².